The first kappa shape index (κ1) is 21.0. The number of aromatic nitrogens is 1. The van der Waals surface area contributed by atoms with Gasteiger partial charge in [0.1, 0.15) is 10.9 Å². The lowest BCUT2D eigenvalue weighted by atomic mass is 10.3. The van der Waals surface area contributed by atoms with E-state index in [1.54, 1.807) is 11.3 Å². The molecule has 0 fully saturated rings. The Morgan fingerprint density at radius 2 is 1.85 bits per heavy atom. The van der Waals surface area contributed by atoms with E-state index in [0.717, 1.165) is 16.2 Å². The van der Waals surface area contributed by atoms with Crippen molar-refractivity contribution in [1.82, 2.24) is 0 Å². The van der Waals surface area contributed by atoms with Crippen LogP contribution in [0.25, 0.3) is 10.2 Å². The highest BCUT2D eigenvalue weighted by Crippen LogP contribution is 2.20. The van der Waals surface area contributed by atoms with E-state index >= 15 is 0 Å². The molecule has 0 radical (unpaired) electrons. The molecule has 7 nitrogen and oxygen atoms in total. The Balaban J connectivity index is 0.000000321. The maximum atomic E-state index is 9.45. The zero-order chi connectivity index (χ0) is 19.9. The number of aromatic amines is 1. The molecule has 2 aromatic carbocycles. The van der Waals surface area contributed by atoms with Crippen LogP contribution in [0.1, 0.15) is 11.9 Å². The van der Waals surface area contributed by atoms with Gasteiger partial charge in [0.2, 0.25) is 15.9 Å². The molecule has 0 saturated heterocycles. The molecule has 3 aromatic rings. The second kappa shape index (κ2) is 9.56. The molecular weight excluding hydrogens is 386 g/mol. The number of hydrogen-bond donors (Lipinski definition) is 0. The summed E-state index contributed by atoms with van der Waals surface area (Å²) in [5, 5.41) is 1.06. The molecule has 9 heteroatoms. The van der Waals surface area contributed by atoms with Gasteiger partial charge in [-0.1, -0.05) is 23.5 Å². The normalized spacial score (nSPS) is 11.4. The minimum Gasteiger partial charge on any atom is -0.726 e. The van der Waals surface area contributed by atoms with Gasteiger partial charge in [-0.25, -0.2) is 13.4 Å². The zero-order valence-corrected chi connectivity index (χ0v) is 16.9. The molecule has 0 amide bonds. The van der Waals surface area contributed by atoms with Crippen molar-refractivity contribution >= 4 is 49.5 Å². The smallest absolute Gasteiger partial charge is 0.279 e. The maximum Gasteiger partial charge on any atom is 0.279 e. The number of nitrogens with one attached hydrogen (secondary N) is 1. The zero-order valence-electron chi connectivity index (χ0n) is 15.2. The predicted molar refractivity (Wildman–Crippen MR) is 108 cm³/mol. The molecule has 1 heterocycles. The average Bonchev–Trinajstić information content (AvgIpc) is 3.03. The van der Waals surface area contributed by atoms with Crippen LogP contribution in [0.2, 0.25) is 0 Å². The molecule has 144 valence electrons. The fraction of sp³-hybridized carbons (Fsp3) is 0.222. The minimum atomic E-state index is -4.42. The van der Waals surface area contributed by atoms with Gasteiger partial charge in [-0.15, -0.1) is 0 Å². The average molecular weight is 408 g/mol. The number of H-pyrrole nitrogens is 1. The Morgan fingerprint density at radius 1 is 1.19 bits per heavy atom. The van der Waals surface area contributed by atoms with Crippen LogP contribution in [0, 0.1) is 0 Å². The van der Waals surface area contributed by atoms with Crippen molar-refractivity contribution in [3.63, 3.8) is 0 Å². The second-order valence-electron chi connectivity index (χ2n) is 5.57. The van der Waals surface area contributed by atoms with Crippen LogP contribution in [0.5, 0.6) is 0 Å². The van der Waals surface area contributed by atoms with Gasteiger partial charge >= 0.3 is 0 Å². The van der Waals surface area contributed by atoms with Gasteiger partial charge in [0.05, 0.1) is 12.3 Å². The molecule has 0 bridgehead atoms. The summed E-state index contributed by atoms with van der Waals surface area (Å²) in [7, 11) is -0.360. The summed E-state index contributed by atoms with van der Waals surface area (Å²) in [6.07, 6.45) is 1.88. The Hall–Kier alpha value is -2.33. The summed E-state index contributed by atoms with van der Waals surface area (Å²) in [6, 6.07) is 16.5. The van der Waals surface area contributed by atoms with Crippen molar-refractivity contribution in [3.05, 3.63) is 53.5 Å². The largest absolute Gasteiger partial charge is 0.726 e. The second-order valence-corrected chi connectivity index (χ2v) is 7.71. The van der Waals surface area contributed by atoms with E-state index in [2.05, 4.69) is 43.3 Å². The summed E-state index contributed by atoms with van der Waals surface area (Å²) >= 11 is 1.71. The molecule has 0 atom stereocenters. The predicted octanol–water partition coefficient (Wildman–Crippen LogP) is 3.02. The van der Waals surface area contributed by atoms with Gasteiger partial charge < -0.3 is 9.45 Å². The first-order valence-electron chi connectivity index (χ1n) is 8.11. The van der Waals surface area contributed by atoms with E-state index in [1.807, 2.05) is 44.6 Å². The molecule has 1 aromatic heterocycles. The molecule has 0 aliphatic carbocycles. The molecule has 1 N–H and O–H groups in total. The number of fused-ring (bicyclic) bond motifs is 1. The Morgan fingerprint density at radius 3 is 2.37 bits per heavy atom. The number of nitrogens with zero attached hydrogens (tertiary/aromatic N) is 2. The van der Waals surface area contributed by atoms with Crippen molar-refractivity contribution in [3.8, 4) is 0 Å². The lowest BCUT2D eigenvalue weighted by Gasteiger charge is -2.11. The summed E-state index contributed by atoms with van der Waals surface area (Å²) in [6.45, 7) is 1.33. The van der Waals surface area contributed by atoms with Gasteiger partial charge in [-0.2, -0.15) is 4.98 Å². The van der Waals surface area contributed by atoms with Crippen LogP contribution in [0.3, 0.4) is 0 Å². The number of aliphatic imine (C=N–C) groups is 1. The first-order valence-corrected chi connectivity index (χ1v) is 10.3. The third-order valence-corrected chi connectivity index (χ3v) is 4.85. The number of anilines is 1. The van der Waals surface area contributed by atoms with E-state index < -0.39 is 10.4 Å². The van der Waals surface area contributed by atoms with Crippen LogP contribution in [0.4, 0.5) is 11.4 Å². The summed E-state index contributed by atoms with van der Waals surface area (Å²) < 4.78 is 33.3. The third-order valence-electron chi connectivity index (χ3n) is 3.32. The lowest BCUT2D eigenvalue weighted by Crippen LogP contribution is -2.07. The lowest BCUT2D eigenvalue weighted by molar-refractivity contribution is -0.339. The quantitative estimate of drug-likeness (QED) is 0.368. The topological polar surface area (TPSA) is 96.2 Å². The first-order chi connectivity index (χ1) is 12.8. The minimum absolute atomic E-state index is 0.0914. The van der Waals surface area contributed by atoms with Gasteiger partial charge in [0.25, 0.3) is 5.01 Å². The van der Waals surface area contributed by atoms with E-state index in [4.69, 9.17) is 0 Å². The van der Waals surface area contributed by atoms with Crippen LogP contribution < -0.4 is 9.88 Å². The van der Waals surface area contributed by atoms with Crippen LogP contribution >= 0.6 is 11.3 Å². The van der Waals surface area contributed by atoms with E-state index in [1.165, 1.54) is 17.3 Å². The van der Waals surface area contributed by atoms with E-state index in [9.17, 15) is 13.0 Å². The van der Waals surface area contributed by atoms with Crippen molar-refractivity contribution in [2.24, 2.45) is 4.99 Å². The van der Waals surface area contributed by atoms with Gasteiger partial charge in [-0.3, -0.25) is 4.18 Å². The molecule has 0 aliphatic heterocycles. The Kier molecular flexibility index (Phi) is 7.43. The van der Waals surface area contributed by atoms with Crippen LogP contribution in [-0.4, -0.2) is 39.9 Å². The van der Waals surface area contributed by atoms with E-state index in [0.29, 0.717) is 0 Å². The van der Waals surface area contributed by atoms with E-state index in [-0.39, 0.29) is 6.61 Å². The number of benzene rings is 2. The Labute approximate surface area is 162 Å². The molecule has 0 unspecified atom stereocenters. The number of para-hydroxylation sites is 1. The van der Waals surface area contributed by atoms with Crippen molar-refractivity contribution in [1.29, 1.82) is 0 Å². The molecule has 0 spiro atoms. The molecule has 0 saturated carbocycles. The van der Waals surface area contributed by atoms with Crippen molar-refractivity contribution < 1.29 is 22.1 Å². The number of thiazole rings is 1. The van der Waals surface area contributed by atoms with Gasteiger partial charge in [-0.05, 0) is 37.3 Å². The standard InChI is InChI=1S/C16H15N3S.C2H6O4S/c1-19(2)13-9-7-12(8-10-13)17-11-16-18-14-5-3-4-6-15(14)20-16;1-2-6-7(3,4)5/h3-11H,1-2H3;2H2,1H3,(H,3,4,5). The number of rotatable bonds is 5. The van der Waals surface area contributed by atoms with Crippen LogP contribution in [0.15, 0.2) is 53.5 Å². The highest BCUT2D eigenvalue weighted by molar-refractivity contribution is 7.80. The molecule has 3 rings (SSSR count). The molecule has 27 heavy (non-hydrogen) atoms. The monoisotopic (exact) mass is 407 g/mol. The maximum absolute atomic E-state index is 9.45. The van der Waals surface area contributed by atoms with Crippen molar-refractivity contribution in [2.75, 3.05) is 25.6 Å². The molecule has 0 aliphatic rings. The fourth-order valence-electron chi connectivity index (χ4n) is 2.11. The fourth-order valence-corrected chi connectivity index (χ4v) is 3.28. The highest BCUT2D eigenvalue weighted by atomic mass is 32.3. The molecular formula is C18H21N3O4S2. The van der Waals surface area contributed by atoms with Gasteiger partial charge in [0, 0.05) is 25.8 Å². The summed E-state index contributed by atoms with van der Waals surface area (Å²) in [5.41, 5.74) is 3.29. The SMILES string of the molecule is CCOS(=O)(=O)[O-].CN(C)c1ccc(N=Cc2[nH+]c3ccccc3s2)cc1. The Bertz CT molecular complexity index is 964. The van der Waals surface area contributed by atoms with Crippen molar-refractivity contribution in [2.45, 2.75) is 6.92 Å². The van der Waals surface area contributed by atoms with Crippen LogP contribution in [-0.2, 0) is 14.6 Å². The number of hydrogen-bond acceptors (Lipinski definition) is 7. The van der Waals surface area contributed by atoms with Gasteiger partial charge in [0.15, 0.2) is 0 Å². The summed E-state index contributed by atoms with van der Waals surface area (Å²) in [5.74, 6) is 0. The highest BCUT2D eigenvalue weighted by Gasteiger charge is 2.07. The summed E-state index contributed by atoms with van der Waals surface area (Å²) in [4.78, 5) is 9.94. The third kappa shape index (κ3) is 7.06.